The largest absolute Gasteiger partial charge is 0.480 e. The van der Waals surface area contributed by atoms with Crippen LogP contribution in [0.15, 0.2) is 24.3 Å². The molecule has 16 heavy (non-hydrogen) atoms. The molecule has 5 heteroatoms. The third kappa shape index (κ3) is 3.35. The van der Waals surface area contributed by atoms with E-state index in [0.717, 1.165) is 5.56 Å². The number of carboxylic acids is 1. The molecule has 5 nitrogen and oxygen atoms in total. The first-order chi connectivity index (χ1) is 7.67. The summed E-state index contributed by atoms with van der Waals surface area (Å²) < 4.78 is 0. The summed E-state index contributed by atoms with van der Waals surface area (Å²) in [6, 6.07) is 7.82. The highest BCUT2D eigenvalue weighted by Gasteiger charge is 2.14. The Morgan fingerprint density at radius 3 is 2.50 bits per heavy atom. The molecule has 1 aromatic rings. The monoisotopic (exact) mass is 220 g/mol. The van der Waals surface area contributed by atoms with Gasteiger partial charge >= 0.3 is 5.97 Å². The van der Waals surface area contributed by atoms with Gasteiger partial charge in [-0.05, 0) is 17.7 Å². The first-order valence-corrected chi connectivity index (χ1v) is 4.73. The van der Waals surface area contributed by atoms with Crippen molar-refractivity contribution in [2.24, 2.45) is 0 Å². The molecule has 0 saturated carbocycles. The lowest BCUT2D eigenvalue weighted by atomic mass is 10.1. The summed E-state index contributed by atoms with van der Waals surface area (Å²) in [6.45, 7) is -0.116. The van der Waals surface area contributed by atoms with Gasteiger partial charge in [0.05, 0.1) is 18.2 Å². The van der Waals surface area contributed by atoms with Crippen molar-refractivity contribution in [1.82, 2.24) is 5.32 Å². The molecule has 0 amide bonds. The maximum atomic E-state index is 10.6. The number of hydrogen-bond donors (Lipinski definition) is 3. The Hall–Kier alpha value is -1.90. The lowest BCUT2D eigenvalue weighted by molar-refractivity contribution is -0.140. The van der Waals surface area contributed by atoms with Crippen LogP contribution in [0.25, 0.3) is 0 Å². The minimum absolute atomic E-state index is 0.337. The van der Waals surface area contributed by atoms with Crippen molar-refractivity contribution < 1.29 is 15.0 Å². The second kappa shape index (κ2) is 5.85. The molecule has 1 rings (SSSR count). The molecule has 84 valence electrons. The number of benzene rings is 1. The molecule has 0 heterocycles. The van der Waals surface area contributed by atoms with E-state index in [1.54, 1.807) is 24.3 Å². The second-order valence-corrected chi connectivity index (χ2v) is 3.26. The van der Waals surface area contributed by atoms with E-state index in [1.807, 2.05) is 6.07 Å². The van der Waals surface area contributed by atoms with Crippen molar-refractivity contribution in [2.75, 3.05) is 6.61 Å². The Balaban J connectivity index is 2.54. The van der Waals surface area contributed by atoms with Crippen molar-refractivity contribution in [3.05, 3.63) is 35.4 Å². The van der Waals surface area contributed by atoms with E-state index >= 15 is 0 Å². The molecule has 0 aliphatic heterocycles. The van der Waals surface area contributed by atoms with Gasteiger partial charge in [0.25, 0.3) is 0 Å². The molecule has 0 radical (unpaired) electrons. The number of aliphatic carboxylic acids is 1. The van der Waals surface area contributed by atoms with Gasteiger partial charge in [0.2, 0.25) is 0 Å². The number of carboxylic acid groups (broad SMARTS) is 1. The molecule has 1 atom stereocenters. The zero-order valence-electron chi connectivity index (χ0n) is 8.55. The van der Waals surface area contributed by atoms with E-state index < -0.39 is 18.6 Å². The van der Waals surface area contributed by atoms with Gasteiger partial charge in [-0.25, -0.2) is 0 Å². The van der Waals surface area contributed by atoms with Crippen LogP contribution in [0.2, 0.25) is 0 Å². The number of aliphatic hydroxyl groups excluding tert-OH is 1. The van der Waals surface area contributed by atoms with Crippen LogP contribution >= 0.6 is 0 Å². The summed E-state index contributed by atoms with van der Waals surface area (Å²) in [4.78, 5) is 10.6. The highest BCUT2D eigenvalue weighted by atomic mass is 16.4. The third-order valence-corrected chi connectivity index (χ3v) is 2.12. The van der Waals surface area contributed by atoms with Gasteiger partial charge < -0.3 is 10.2 Å². The van der Waals surface area contributed by atoms with Crippen LogP contribution in [-0.4, -0.2) is 28.8 Å². The van der Waals surface area contributed by atoms with Crippen molar-refractivity contribution in [2.45, 2.75) is 12.6 Å². The smallest absolute Gasteiger partial charge is 0.323 e. The number of rotatable bonds is 5. The maximum Gasteiger partial charge on any atom is 0.323 e. The fourth-order valence-corrected chi connectivity index (χ4v) is 1.17. The first kappa shape index (κ1) is 12.2. The summed E-state index contributed by atoms with van der Waals surface area (Å²) in [5.74, 6) is -1.09. The van der Waals surface area contributed by atoms with Gasteiger partial charge in [-0.2, -0.15) is 5.26 Å². The van der Waals surface area contributed by atoms with Crippen molar-refractivity contribution in [1.29, 1.82) is 5.26 Å². The van der Waals surface area contributed by atoms with Gasteiger partial charge in [0.15, 0.2) is 0 Å². The van der Waals surface area contributed by atoms with E-state index in [-0.39, 0.29) is 0 Å². The number of nitrogens with zero attached hydrogens (tertiary/aromatic N) is 1. The lowest BCUT2D eigenvalue weighted by Crippen LogP contribution is -2.39. The average molecular weight is 220 g/mol. The van der Waals surface area contributed by atoms with Gasteiger partial charge in [0, 0.05) is 6.54 Å². The molecule has 1 aromatic carbocycles. The van der Waals surface area contributed by atoms with Crippen molar-refractivity contribution in [3.63, 3.8) is 0 Å². The number of hydrogen-bond acceptors (Lipinski definition) is 4. The van der Waals surface area contributed by atoms with Gasteiger partial charge in [-0.1, -0.05) is 12.1 Å². The van der Waals surface area contributed by atoms with E-state index in [0.29, 0.717) is 12.1 Å². The topological polar surface area (TPSA) is 93.4 Å². The quantitative estimate of drug-likeness (QED) is 0.654. The standard InChI is InChI=1S/C11H12N2O3/c12-5-8-1-3-9(4-2-8)6-13-10(7-14)11(15)16/h1-4,10,13-14H,6-7H2,(H,15,16). The molecular weight excluding hydrogens is 208 g/mol. The molecule has 0 saturated heterocycles. The molecule has 0 aromatic heterocycles. The van der Waals surface area contributed by atoms with Gasteiger partial charge in [-0.15, -0.1) is 0 Å². The van der Waals surface area contributed by atoms with Gasteiger partial charge in [0.1, 0.15) is 6.04 Å². The Morgan fingerprint density at radius 2 is 2.06 bits per heavy atom. The van der Waals surface area contributed by atoms with Crippen molar-refractivity contribution >= 4 is 5.97 Å². The van der Waals surface area contributed by atoms with Crippen LogP contribution in [0.3, 0.4) is 0 Å². The van der Waals surface area contributed by atoms with Crippen LogP contribution in [0, 0.1) is 11.3 Å². The Morgan fingerprint density at radius 1 is 1.44 bits per heavy atom. The molecule has 1 unspecified atom stereocenters. The van der Waals surface area contributed by atoms with E-state index in [9.17, 15) is 4.79 Å². The number of aliphatic hydroxyl groups is 1. The molecule has 3 N–H and O–H groups in total. The predicted octanol–water partition coefficient (Wildman–Crippen LogP) is 0.0934. The third-order valence-electron chi connectivity index (χ3n) is 2.12. The van der Waals surface area contributed by atoms with Crippen LogP contribution in [0.1, 0.15) is 11.1 Å². The highest BCUT2D eigenvalue weighted by molar-refractivity contribution is 5.73. The van der Waals surface area contributed by atoms with Gasteiger partial charge in [-0.3, -0.25) is 10.1 Å². The minimum Gasteiger partial charge on any atom is -0.480 e. The van der Waals surface area contributed by atoms with Crippen LogP contribution < -0.4 is 5.32 Å². The number of nitriles is 1. The Kier molecular flexibility index (Phi) is 4.45. The Bertz CT molecular complexity index is 395. The molecule has 0 aliphatic rings. The fourth-order valence-electron chi connectivity index (χ4n) is 1.17. The summed E-state index contributed by atoms with van der Waals surface area (Å²) in [7, 11) is 0. The van der Waals surface area contributed by atoms with E-state index in [4.69, 9.17) is 15.5 Å². The maximum absolute atomic E-state index is 10.6. The molecule has 0 bridgehead atoms. The molecule has 0 spiro atoms. The molecule has 0 aliphatic carbocycles. The van der Waals surface area contributed by atoms with E-state index in [2.05, 4.69) is 5.32 Å². The SMILES string of the molecule is N#Cc1ccc(CNC(CO)C(=O)O)cc1. The minimum atomic E-state index is -1.09. The summed E-state index contributed by atoms with van der Waals surface area (Å²) >= 11 is 0. The summed E-state index contributed by atoms with van der Waals surface area (Å²) in [5.41, 5.74) is 1.42. The summed E-state index contributed by atoms with van der Waals surface area (Å²) in [5, 5.41) is 28.7. The number of carbonyl (C=O) groups is 1. The lowest BCUT2D eigenvalue weighted by Gasteiger charge is -2.11. The Labute approximate surface area is 92.9 Å². The van der Waals surface area contributed by atoms with Crippen LogP contribution in [-0.2, 0) is 11.3 Å². The summed E-state index contributed by atoms with van der Waals surface area (Å²) in [6.07, 6.45) is 0. The first-order valence-electron chi connectivity index (χ1n) is 4.73. The highest BCUT2D eigenvalue weighted by Crippen LogP contribution is 2.03. The second-order valence-electron chi connectivity index (χ2n) is 3.26. The van der Waals surface area contributed by atoms with Crippen LogP contribution in [0.4, 0.5) is 0 Å². The van der Waals surface area contributed by atoms with E-state index in [1.165, 1.54) is 0 Å². The normalized spacial score (nSPS) is 11.8. The fraction of sp³-hybridized carbons (Fsp3) is 0.273. The van der Waals surface area contributed by atoms with Crippen molar-refractivity contribution in [3.8, 4) is 6.07 Å². The zero-order chi connectivity index (χ0) is 12.0. The zero-order valence-corrected chi connectivity index (χ0v) is 8.55. The van der Waals surface area contributed by atoms with Crippen LogP contribution in [0.5, 0.6) is 0 Å². The average Bonchev–Trinajstić information content (AvgIpc) is 2.30. The number of nitrogens with one attached hydrogen (secondary N) is 1. The molecule has 0 fully saturated rings. The predicted molar refractivity (Wildman–Crippen MR) is 56.5 cm³/mol. The molecular formula is C11H12N2O3.